The van der Waals surface area contributed by atoms with Gasteiger partial charge in [-0.25, -0.2) is 0 Å². The number of carbonyl (C=O) groups is 1. The number of benzene rings is 1. The highest BCUT2D eigenvalue weighted by molar-refractivity contribution is 6.01. The van der Waals surface area contributed by atoms with Gasteiger partial charge >= 0.3 is 0 Å². The first-order chi connectivity index (χ1) is 10.7. The second-order valence-corrected chi connectivity index (χ2v) is 6.81. The molecule has 4 aliphatic rings. The minimum Gasteiger partial charge on any atom is -0.344 e. The monoisotopic (exact) mass is 287 g/mol. The number of fused-ring (bicyclic) bond motifs is 1. The van der Waals surface area contributed by atoms with Crippen LogP contribution in [-0.4, -0.2) is 17.2 Å². The summed E-state index contributed by atoms with van der Waals surface area (Å²) in [7, 11) is 0. The van der Waals surface area contributed by atoms with Gasteiger partial charge in [-0.1, -0.05) is 36.9 Å². The SMILES string of the molecule is C=C(C1=Cc2ccccc2C1)N1CC2CC23C=CC(=O)C=C13. The zero-order valence-electron chi connectivity index (χ0n) is 12.4. The standard InChI is InChI=1S/C20H17NO/c1-13(16-8-14-4-2-3-5-15(14)9-16)21-12-17-11-20(17)7-6-18(22)10-19(20)21/h2-8,10,17H,1,9,11-12H2. The molecule has 1 saturated carbocycles. The molecule has 2 fully saturated rings. The Hall–Kier alpha value is -2.35. The van der Waals surface area contributed by atoms with Crippen LogP contribution in [0.1, 0.15) is 17.5 Å². The molecule has 0 N–H and O–H groups in total. The zero-order chi connectivity index (χ0) is 14.9. The van der Waals surface area contributed by atoms with Gasteiger partial charge in [0, 0.05) is 35.9 Å². The molecule has 1 aliphatic heterocycles. The highest BCUT2D eigenvalue weighted by Gasteiger charge is 2.63. The van der Waals surface area contributed by atoms with Gasteiger partial charge in [0.15, 0.2) is 5.78 Å². The molecule has 0 radical (unpaired) electrons. The van der Waals surface area contributed by atoms with Crippen molar-refractivity contribution < 1.29 is 4.79 Å². The molecular formula is C20H17NO. The quantitative estimate of drug-likeness (QED) is 0.830. The van der Waals surface area contributed by atoms with Crippen molar-refractivity contribution in [3.05, 3.63) is 77.2 Å². The second-order valence-electron chi connectivity index (χ2n) is 6.81. The van der Waals surface area contributed by atoms with E-state index in [1.54, 1.807) is 6.08 Å². The highest BCUT2D eigenvalue weighted by Crippen LogP contribution is 2.66. The summed E-state index contributed by atoms with van der Waals surface area (Å²) >= 11 is 0. The normalized spacial score (nSPS) is 30.5. The van der Waals surface area contributed by atoms with Crippen molar-refractivity contribution in [1.82, 2.24) is 4.90 Å². The van der Waals surface area contributed by atoms with Crippen LogP contribution in [0.4, 0.5) is 0 Å². The number of likely N-dealkylation sites (tertiary alicyclic amines) is 1. The molecule has 108 valence electrons. The molecule has 1 aromatic rings. The molecule has 5 rings (SSSR count). The maximum absolute atomic E-state index is 11.8. The van der Waals surface area contributed by atoms with Crippen LogP contribution in [0, 0.1) is 11.3 Å². The smallest absolute Gasteiger partial charge is 0.180 e. The van der Waals surface area contributed by atoms with Gasteiger partial charge in [0.05, 0.1) is 0 Å². The number of carbonyl (C=O) groups excluding carboxylic acids is 1. The average Bonchev–Trinajstić information content (AvgIpc) is 2.92. The molecule has 2 nitrogen and oxygen atoms in total. The van der Waals surface area contributed by atoms with E-state index in [0.717, 1.165) is 18.7 Å². The van der Waals surface area contributed by atoms with Gasteiger partial charge < -0.3 is 4.90 Å². The van der Waals surface area contributed by atoms with Crippen molar-refractivity contribution >= 4 is 11.9 Å². The Labute approximate surface area is 130 Å². The van der Waals surface area contributed by atoms with E-state index in [4.69, 9.17) is 0 Å². The summed E-state index contributed by atoms with van der Waals surface area (Å²) in [5.41, 5.74) is 6.32. The number of hydrogen-bond acceptors (Lipinski definition) is 2. The zero-order valence-corrected chi connectivity index (χ0v) is 12.4. The van der Waals surface area contributed by atoms with E-state index in [0.29, 0.717) is 5.92 Å². The summed E-state index contributed by atoms with van der Waals surface area (Å²) in [6, 6.07) is 8.51. The van der Waals surface area contributed by atoms with Gasteiger partial charge in [-0.15, -0.1) is 0 Å². The third kappa shape index (κ3) is 1.47. The Morgan fingerprint density at radius 1 is 1.27 bits per heavy atom. The minimum absolute atomic E-state index is 0.106. The Bertz CT molecular complexity index is 826. The van der Waals surface area contributed by atoms with Crippen molar-refractivity contribution in [1.29, 1.82) is 0 Å². The van der Waals surface area contributed by atoms with Crippen LogP contribution in [-0.2, 0) is 11.2 Å². The van der Waals surface area contributed by atoms with Crippen LogP contribution in [0.2, 0.25) is 0 Å². The van der Waals surface area contributed by atoms with Crippen LogP contribution in [0.25, 0.3) is 6.08 Å². The lowest BCUT2D eigenvalue weighted by molar-refractivity contribution is -0.110. The molecular weight excluding hydrogens is 270 g/mol. The largest absolute Gasteiger partial charge is 0.344 e. The van der Waals surface area contributed by atoms with E-state index in [-0.39, 0.29) is 11.2 Å². The minimum atomic E-state index is 0.106. The number of allylic oxidation sites excluding steroid dienone is 4. The van der Waals surface area contributed by atoms with Gasteiger partial charge in [-0.3, -0.25) is 4.79 Å². The van der Waals surface area contributed by atoms with Crippen molar-refractivity contribution in [2.24, 2.45) is 11.3 Å². The van der Waals surface area contributed by atoms with Crippen LogP contribution in [0.3, 0.4) is 0 Å². The number of hydrogen-bond donors (Lipinski definition) is 0. The topological polar surface area (TPSA) is 20.3 Å². The van der Waals surface area contributed by atoms with E-state index < -0.39 is 0 Å². The highest BCUT2D eigenvalue weighted by atomic mass is 16.1. The maximum atomic E-state index is 11.8. The van der Waals surface area contributed by atoms with Crippen molar-refractivity contribution in [3.8, 4) is 0 Å². The number of piperidine rings is 1. The summed E-state index contributed by atoms with van der Waals surface area (Å²) < 4.78 is 0. The lowest BCUT2D eigenvalue weighted by atomic mass is 9.94. The van der Waals surface area contributed by atoms with Gasteiger partial charge in [0.25, 0.3) is 0 Å². The Morgan fingerprint density at radius 3 is 3.00 bits per heavy atom. The van der Waals surface area contributed by atoms with Crippen molar-refractivity contribution in [2.45, 2.75) is 12.8 Å². The predicted octanol–water partition coefficient (Wildman–Crippen LogP) is 3.48. The molecule has 2 unspecified atom stereocenters. The first-order valence-corrected chi connectivity index (χ1v) is 7.88. The van der Waals surface area contributed by atoms with Gasteiger partial charge in [0.2, 0.25) is 0 Å². The fourth-order valence-corrected chi connectivity index (χ4v) is 4.27. The summed E-state index contributed by atoms with van der Waals surface area (Å²) in [6.45, 7) is 5.35. The molecule has 2 atom stereocenters. The summed E-state index contributed by atoms with van der Waals surface area (Å²) in [4.78, 5) is 14.1. The van der Waals surface area contributed by atoms with E-state index in [2.05, 4.69) is 47.9 Å². The lowest BCUT2D eigenvalue weighted by Gasteiger charge is -2.29. The van der Waals surface area contributed by atoms with Crippen molar-refractivity contribution in [2.75, 3.05) is 6.54 Å². The molecule has 1 saturated heterocycles. The first kappa shape index (κ1) is 12.2. The van der Waals surface area contributed by atoms with Gasteiger partial charge in [-0.05, 0) is 41.2 Å². The fraction of sp³-hybridized carbons (Fsp3) is 0.250. The van der Waals surface area contributed by atoms with Crippen LogP contribution in [0.5, 0.6) is 0 Å². The number of nitrogens with zero attached hydrogens (tertiary/aromatic N) is 1. The molecule has 3 aliphatic carbocycles. The average molecular weight is 287 g/mol. The van der Waals surface area contributed by atoms with Gasteiger partial charge in [-0.2, -0.15) is 0 Å². The Morgan fingerprint density at radius 2 is 2.14 bits per heavy atom. The fourth-order valence-electron chi connectivity index (χ4n) is 4.27. The molecule has 0 aromatic heterocycles. The summed E-state index contributed by atoms with van der Waals surface area (Å²) in [6.07, 6.45) is 10.1. The lowest BCUT2D eigenvalue weighted by Crippen LogP contribution is -2.24. The predicted molar refractivity (Wildman–Crippen MR) is 86.7 cm³/mol. The Balaban J connectivity index is 1.48. The molecule has 1 spiro atoms. The molecule has 2 heteroatoms. The van der Waals surface area contributed by atoms with Crippen LogP contribution in [0.15, 0.2) is 66.0 Å². The molecule has 0 amide bonds. The van der Waals surface area contributed by atoms with E-state index in [1.165, 1.54) is 28.8 Å². The third-order valence-corrected chi connectivity index (χ3v) is 5.61. The van der Waals surface area contributed by atoms with Crippen LogP contribution < -0.4 is 0 Å². The number of ketones is 1. The van der Waals surface area contributed by atoms with Crippen LogP contribution >= 0.6 is 0 Å². The molecule has 1 heterocycles. The van der Waals surface area contributed by atoms with Gasteiger partial charge in [0.1, 0.15) is 0 Å². The van der Waals surface area contributed by atoms with E-state index in [1.807, 2.05) is 6.08 Å². The summed E-state index contributed by atoms with van der Waals surface area (Å²) in [5.74, 6) is 0.763. The molecule has 0 bridgehead atoms. The van der Waals surface area contributed by atoms with Crippen molar-refractivity contribution in [3.63, 3.8) is 0 Å². The molecule has 1 aromatic carbocycles. The third-order valence-electron chi connectivity index (χ3n) is 5.61. The summed E-state index contributed by atoms with van der Waals surface area (Å²) in [5, 5.41) is 0. The molecule has 22 heavy (non-hydrogen) atoms. The number of rotatable bonds is 2. The second kappa shape index (κ2) is 3.89. The maximum Gasteiger partial charge on any atom is 0.180 e. The van der Waals surface area contributed by atoms with E-state index in [9.17, 15) is 4.79 Å². The van der Waals surface area contributed by atoms with E-state index >= 15 is 0 Å². The Kier molecular flexibility index (Phi) is 2.16. The first-order valence-electron chi connectivity index (χ1n) is 7.88.